The minimum atomic E-state index is -3.96. The number of benzene rings is 2. The zero-order valence-electron chi connectivity index (χ0n) is 19.7. The van der Waals surface area contributed by atoms with Crippen molar-refractivity contribution in [2.24, 2.45) is 0 Å². The van der Waals surface area contributed by atoms with Gasteiger partial charge in [0, 0.05) is 42.3 Å². The first-order valence-electron chi connectivity index (χ1n) is 12.2. The predicted octanol–water partition coefficient (Wildman–Crippen LogP) is 4.73. The normalized spacial score (nSPS) is 21.1. The Bertz CT molecular complexity index is 1270. The summed E-state index contributed by atoms with van der Waals surface area (Å²) in [5.41, 5.74) is 1.45. The van der Waals surface area contributed by atoms with E-state index in [1.807, 2.05) is 16.9 Å². The summed E-state index contributed by atoms with van der Waals surface area (Å²) in [6.07, 6.45) is 4.18. The fraction of sp³-hybridized carbons (Fsp3) is 0.480. The Morgan fingerprint density at radius 2 is 1.86 bits per heavy atom. The summed E-state index contributed by atoms with van der Waals surface area (Å²) in [6.45, 7) is 2.92. The van der Waals surface area contributed by atoms with E-state index in [1.165, 1.54) is 12.1 Å². The highest BCUT2D eigenvalue weighted by Crippen LogP contribution is 2.45. The number of nitrogens with one attached hydrogen (secondary N) is 1. The second-order valence-electron chi connectivity index (χ2n) is 9.69. The summed E-state index contributed by atoms with van der Waals surface area (Å²) < 4.78 is 49.1. The maximum Gasteiger partial charge on any atom is 0.304 e. The third-order valence-corrected chi connectivity index (χ3v) is 8.98. The molecule has 5 rings (SSSR count). The highest BCUT2D eigenvalue weighted by molar-refractivity contribution is 7.87. The Morgan fingerprint density at radius 1 is 1.08 bits per heavy atom. The van der Waals surface area contributed by atoms with E-state index in [4.69, 9.17) is 27.9 Å². The number of hydrogen-bond acceptors (Lipinski definition) is 5. The standard InChI is InChI=1S/C25H28Cl2FN3O4S/c26-18-7-6-17(22(27)11-18)14-30-8-1-3-19(15-30)35-24-13-23(28)21(12-20(24)16-4-5-16)25(32)29-36(33,34)31-9-2-10-31/h6-7,11-13,16,19H,1-5,8-10,14-15H2,(H,29,32)/t19-/m1/s1. The topological polar surface area (TPSA) is 79.0 Å². The lowest BCUT2D eigenvalue weighted by Gasteiger charge is -2.33. The minimum absolute atomic E-state index is 0.145. The molecule has 1 saturated carbocycles. The Kier molecular flexibility index (Phi) is 7.47. The first kappa shape index (κ1) is 25.7. The molecule has 1 aliphatic carbocycles. The Balaban J connectivity index is 1.30. The third kappa shape index (κ3) is 5.81. The smallest absolute Gasteiger partial charge is 0.304 e. The fourth-order valence-corrected chi connectivity index (χ4v) is 6.33. The summed E-state index contributed by atoms with van der Waals surface area (Å²) in [5.74, 6) is -1.16. The molecule has 0 radical (unpaired) electrons. The van der Waals surface area contributed by atoms with Gasteiger partial charge in [-0.15, -0.1) is 0 Å². The quantitative estimate of drug-likeness (QED) is 0.509. The Morgan fingerprint density at radius 3 is 2.53 bits per heavy atom. The van der Waals surface area contributed by atoms with Crippen molar-refractivity contribution in [2.45, 2.75) is 50.7 Å². The number of likely N-dealkylation sites (tertiary alicyclic amines) is 1. The van der Waals surface area contributed by atoms with Crippen molar-refractivity contribution in [1.29, 1.82) is 0 Å². The van der Waals surface area contributed by atoms with Crippen molar-refractivity contribution in [1.82, 2.24) is 13.9 Å². The number of rotatable bonds is 8. The number of ether oxygens (including phenoxy) is 1. The molecule has 0 unspecified atom stereocenters. The molecule has 1 amide bonds. The van der Waals surface area contributed by atoms with Crippen molar-refractivity contribution < 1.29 is 22.3 Å². The van der Waals surface area contributed by atoms with Crippen molar-refractivity contribution >= 4 is 39.3 Å². The van der Waals surface area contributed by atoms with Gasteiger partial charge in [0.25, 0.3) is 5.91 Å². The van der Waals surface area contributed by atoms with E-state index in [0.29, 0.717) is 42.0 Å². The summed E-state index contributed by atoms with van der Waals surface area (Å²) in [5, 5.41) is 1.21. The van der Waals surface area contributed by atoms with Crippen LogP contribution in [0.15, 0.2) is 30.3 Å². The van der Waals surface area contributed by atoms with E-state index in [0.717, 1.165) is 54.1 Å². The van der Waals surface area contributed by atoms with Gasteiger partial charge in [-0.3, -0.25) is 9.69 Å². The molecule has 194 valence electrons. The highest BCUT2D eigenvalue weighted by atomic mass is 35.5. The van der Waals surface area contributed by atoms with Gasteiger partial charge in [0.1, 0.15) is 17.7 Å². The molecular formula is C25H28Cl2FN3O4S. The molecule has 7 nitrogen and oxygen atoms in total. The average molecular weight is 556 g/mol. The second kappa shape index (κ2) is 10.5. The minimum Gasteiger partial charge on any atom is -0.489 e. The molecule has 11 heteroatoms. The van der Waals surface area contributed by atoms with Crippen LogP contribution >= 0.6 is 23.2 Å². The third-order valence-electron chi connectivity index (χ3n) is 6.90. The van der Waals surface area contributed by atoms with Crippen LogP contribution in [0.5, 0.6) is 5.75 Å². The lowest BCUT2D eigenvalue weighted by Crippen LogP contribution is -2.49. The molecule has 2 heterocycles. The van der Waals surface area contributed by atoms with Crippen molar-refractivity contribution in [3.05, 3.63) is 62.9 Å². The van der Waals surface area contributed by atoms with Crippen LogP contribution in [0.4, 0.5) is 4.39 Å². The van der Waals surface area contributed by atoms with Crippen LogP contribution in [0, 0.1) is 5.82 Å². The van der Waals surface area contributed by atoms with Gasteiger partial charge in [-0.05, 0) is 73.9 Å². The number of hydrogen-bond donors (Lipinski definition) is 1. The molecule has 3 fully saturated rings. The van der Waals surface area contributed by atoms with Gasteiger partial charge < -0.3 is 4.74 Å². The van der Waals surface area contributed by atoms with Gasteiger partial charge in [-0.1, -0.05) is 29.3 Å². The van der Waals surface area contributed by atoms with Crippen molar-refractivity contribution in [3.63, 3.8) is 0 Å². The van der Waals surface area contributed by atoms with E-state index in [9.17, 15) is 13.2 Å². The van der Waals surface area contributed by atoms with Gasteiger partial charge >= 0.3 is 10.2 Å². The first-order valence-corrected chi connectivity index (χ1v) is 14.4. The molecule has 0 aromatic heterocycles. The molecule has 1 N–H and O–H groups in total. The van der Waals surface area contributed by atoms with Crippen LogP contribution in [0.2, 0.25) is 10.0 Å². The maximum absolute atomic E-state index is 15.0. The molecule has 2 aromatic rings. The predicted molar refractivity (Wildman–Crippen MR) is 136 cm³/mol. The van der Waals surface area contributed by atoms with Crippen LogP contribution in [-0.4, -0.2) is 55.8 Å². The van der Waals surface area contributed by atoms with Crippen molar-refractivity contribution in [3.8, 4) is 5.75 Å². The first-order chi connectivity index (χ1) is 17.2. The van der Waals surface area contributed by atoms with Gasteiger partial charge in [0.05, 0.1) is 5.56 Å². The van der Waals surface area contributed by atoms with Crippen LogP contribution in [0.1, 0.15) is 59.5 Å². The molecule has 2 saturated heterocycles. The zero-order chi connectivity index (χ0) is 25.4. The van der Waals surface area contributed by atoms with E-state index in [1.54, 1.807) is 6.07 Å². The maximum atomic E-state index is 15.0. The van der Waals surface area contributed by atoms with Crippen LogP contribution in [-0.2, 0) is 16.8 Å². The summed E-state index contributed by atoms with van der Waals surface area (Å²) in [4.78, 5) is 14.9. The van der Waals surface area contributed by atoms with Gasteiger partial charge in [0.15, 0.2) is 0 Å². The summed E-state index contributed by atoms with van der Waals surface area (Å²) >= 11 is 12.4. The van der Waals surface area contributed by atoms with E-state index in [-0.39, 0.29) is 17.6 Å². The Labute approximate surface area is 220 Å². The number of carbonyl (C=O) groups excluding carboxylic acids is 1. The molecule has 0 spiro atoms. The van der Waals surface area contributed by atoms with Crippen LogP contribution in [0.25, 0.3) is 0 Å². The molecular weight excluding hydrogens is 528 g/mol. The van der Waals surface area contributed by atoms with E-state index < -0.39 is 21.9 Å². The number of nitrogens with zero attached hydrogens (tertiary/aromatic N) is 2. The van der Waals surface area contributed by atoms with Gasteiger partial charge in [-0.2, -0.15) is 12.7 Å². The molecule has 1 atom stereocenters. The fourth-order valence-electron chi connectivity index (χ4n) is 4.65. The van der Waals surface area contributed by atoms with Crippen LogP contribution in [0.3, 0.4) is 0 Å². The van der Waals surface area contributed by atoms with E-state index >= 15 is 4.39 Å². The second-order valence-corrected chi connectivity index (χ2v) is 12.2. The van der Waals surface area contributed by atoms with Crippen LogP contribution < -0.4 is 9.46 Å². The average Bonchev–Trinajstić information content (AvgIpc) is 3.59. The monoisotopic (exact) mass is 555 g/mol. The lowest BCUT2D eigenvalue weighted by molar-refractivity contribution is 0.0832. The Hall–Kier alpha value is -1.91. The lowest BCUT2D eigenvalue weighted by atomic mass is 10.0. The number of amides is 1. The SMILES string of the molecule is O=C(NS(=O)(=O)N1CCC1)c1cc(C2CC2)c(O[C@@H]2CCCN(Cc3ccc(Cl)cc3Cl)C2)cc1F. The number of piperidine rings is 1. The molecule has 2 aromatic carbocycles. The number of carbonyl (C=O) groups is 1. The van der Waals surface area contributed by atoms with Gasteiger partial charge in [-0.25, -0.2) is 9.11 Å². The highest BCUT2D eigenvalue weighted by Gasteiger charge is 2.33. The molecule has 36 heavy (non-hydrogen) atoms. The number of halogens is 3. The molecule has 2 aliphatic heterocycles. The molecule has 0 bridgehead atoms. The van der Waals surface area contributed by atoms with Crippen molar-refractivity contribution in [2.75, 3.05) is 26.2 Å². The largest absolute Gasteiger partial charge is 0.489 e. The molecule has 3 aliphatic rings. The summed E-state index contributed by atoms with van der Waals surface area (Å²) in [6, 6.07) is 8.15. The van der Waals surface area contributed by atoms with E-state index in [2.05, 4.69) is 4.90 Å². The zero-order valence-corrected chi connectivity index (χ0v) is 22.0. The van der Waals surface area contributed by atoms with Gasteiger partial charge in [0.2, 0.25) is 0 Å². The summed E-state index contributed by atoms with van der Waals surface area (Å²) in [7, 11) is -3.96.